The van der Waals surface area contributed by atoms with Crippen molar-refractivity contribution in [3.8, 4) is 22.5 Å². The van der Waals surface area contributed by atoms with Crippen LogP contribution in [0, 0.1) is 11.7 Å². The van der Waals surface area contributed by atoms with Crippen LogP contribution in [0.1, 0.15) is 24.1 Å². The van der Waals surface area contributed by atoms with Crippen LogP contribution in [-0.4, -0.2) is 39.6 Å². The lowest BCUT2D eigenvalue weighted by molar-refractivity contribution is 0.205. The van der Waals surface area contributed by atoms with Crippen molar-refractivity contribution >= 4 is 17.7 Å². The minimum Gasteiger partial charge on any atom is -0.330 e. The van der Waals surface area contributed by atoms with Crippen molar-refractivity contribution in [2.45, 2.75) is 25.8 Å². The van der Waals surface area contributed by atoms with Gasteiger partial charge >= 0.3 is 0 Å². The molecule has 154 valence electrons. The Balaban J connectivity index is 1.61. The molecule has 2 aromatic heterocycles. The number of aromatic nitrogens is 3. The summed E-state index contributed by atoms with van der Waals surface area (Å²) in [4.78, 5) is 11.7. The van der Waals surface area contributed by atoms with E-state index in [4.69, 9.17) is 16.6 Å². The number of benzene rings is 1. The fourth-order valence-corrected chi connectivity index (χ4v) is 4.72. The number of hydrogen-bond acceptors (Lipinski definition) is 3. The number of rotatable bonds is 4. The monoisotopic (exact) mass is 422 g/mol. The minimum absolute atomic E-state index is 0.114. The lowest BCUT2D eigenvalue weighted by Gasteiger charge is -2.29. The Morgan fingerprint density at radius 2 is 2.00 bits per heavy atom. The number of piperidine rings is 1. The average Bonchev–Trinajstić information content (AvgIpc) is 3.39. The molecule has 3 aromatic rings. The minimum atomic E-state index is -0.416. The second-order valence-electron chi connectivity index (χ2n) is 8.30. The van der Waals surface area contributed by atoms with E-state index in [1.54, 1.807) is 12.1 Å². The molecule has 30 heavy (non-hydrogen) atoms. The molecule has 4 nitrogen and oxygen atoms in total. The fourth-order valence-electron chi connectivity index (χ4n) is 4.54. The van der Waals surface area contributed by atoms with E-state index in [1.165, 1.54) is 18.9 Å². The fraction of sp³-hybridized carbons (Fsp3) is 0.333. The average molecular weight is 423 g/mol. The van der Waals surface area contributed by atoms with Gasteiger partial charge in [-0.2, -0.15) is 0 Å². The van der Waals surface area contributed by atoms with E-state index < -0.39 is 5.82 Å². The lowest BCUT2D eigenvalue weighted by atomic mass is 9.96. The molecule has 6 heteroatoms. The number of halogens is 2. The summed E-state index contributed by atoms with van der Waals surface area (Å²) in [7, 11) is 2.18. The number of fused-ring (bicyclic) bond motifs is 1. The van der Waals surface area contributed by atoms with Crippen LogP contribution in [0.4, 0.5) is 4.39 Å². The highest BCUT2D eigenvalue weighted by Crippen LogP contribution is 2.38. The topological polar surface area (TPSA) is 34.0 Å². The molecule has 0 bridgehead atoms. The highest BCUT2D eigenvalue weighted by atomic mass is 35.5. The molecule has 0 unspecified atom stereocenters. The van der Waals surface area contributed by atoms with Gasteiger partial charge in [-0.05, 0) is 63.2 Å². The predicted octanol–water partition coefficient (Wildman–Crippen LogP) is 5.32. The third-order valence-corrected chi connectivity index (χ3v) is 6.54. The van der Waals surface area contributed by atoms with Crippen LogP contribution < -0.4 is 0 Å². The first-order valence-electron chi connectivity index (χ1n) is 10.4. The van der Waals surface area contributed by atoms with Crippen LogP contribution in [-0.2, 0) is 13.0 Å². The van der Waals surface area contributed by atoms with Gasteiger partial charge in [0.05, 0.1) is 28.4 Å². The molecule has 0 amide bonds. The highest BCUT2D eigenvalue weighted by Gasteiger charge is 2.24. The molecule has 1 aliphatic carbocycles. The number of nitrogens with zero attached hydrogens (tertiary/aromatic N) is 4. The first-order valence-corrected chi connectivity index (χ1v) is 10.8. The van der Waals surface area contributed by atoms with Gasteiger partial charge in [-0.25, -0.2) is 9.37 Å². The normalized spacial score (nSPS) is 16.9. The summed E-state index contributed by atoms with van der Waals surface area (Å²) in [5.41, 5.74) is 6.07. The molecule has 1 fully saturated rings. The molecule has 1 saturated heterocycles. The summed E-state index contributed by atoms with van der Waals surface area (Å²) in [6, 6.07) is 6.89. The smallest absolute Gasteiger partial charge is 0.141 e. The number of allylic oxidation sites excluding steroid dienone is 1. The summed E-state index contributed by atoms with van der Waals surface area (Å²) >= 11 is 6.10. The summed E-state index contributed by atoms with van der Waals surface area (Å²) in [6.07, 6.45) is 11.3. The Bertz CT molecular complexity index is 1110. The third kappa shape index (κ3) is 3.57. The first kappa shape index (κ1) is 19.5. The zero-order valence-corrected chi connectivity index (χ0v) is 17.7. The van der Waals surface area contributed by atoms with Crippen LogP contribution in [0.5, 0.6) is 0 Å². The van der Waals surface area contributed by atoms with Crippen molar-refractivity contribution in [2.24, 2.45) is 5.92 Å². The number of imidazole rings is 1. The van der Waals surface area contributed by atoms with E-state index in [2.05, 4.69) is 39.7 Å². The molecule has 0 N–H and O–H groups in total. The number of hydrogen-bond donors (Lipinski definition) is 0. The van der Waals surface area contributed by atoms with Crippen molar-refractivity contribution in [1.29, 1.82) is 0 Å². The SMILES string of the molecule is CN1CCC(Cn2cnc(-c3ccc(F)c(Cl)c3)c2-c2ccnc3c2C=CC3)CC1. The Morgan fingerprint density at radius 1 is 1.17 bits per heavy atom. The van der Waals surface area contributed by atoms with Crippen LogP contribution in [0.3, 0.4) is 0 Å². The maximum Gasteiger partial charge on any atom is 0.141 e. The van der Waals surface area contributed by atoms with Crippen LogP contribution >= 0.6 is 11.6 Å². The van der Waals surface area contributed by atoms with E-state index in [-0.39, 0.29) is 5.02 Å². The summed E-state index contributed by atoms with van der Waals surface area (Å²) in [5.74, 6) is 0.199. The molecule has 0 spiro atoms. The second kappa shape index (κ2) is 7.97. The molecule has 0 radical (unpaired) electrons. The molecule has 2 aliphatic rings. The van der Waals surface area contributed by atoms with Crippen LogP contribution in [0.2, 0.25) is 5.02 Å². The lowest BCUT2D eigenvalue weighted by Crippen LogP contribution is -2.31. The maximum absolute atomic E-state index is 13.8. The molecule has 0 atom stereocenters. The van der Waals surface area contributed by atoms with Crippen molar-refractivity contribution < 1.29 is 4.39 Å². The molecule has 3 heterocycles. The second-order valence-corrected chi connectivity index (χ2v) is 8.70. The van der Waals surface area contributed by atoms with E-state index >= 15 is 0 Å². The van der Waals surface area contributed by atoms with Crippen molar-refractivity contribution in [1.82, 2.24) is 19.4 Å². The molecular formula is C24H24ClFN4. The Labute approximate surface area is 181 Å². The highest BCUT2D eigenvalue weighted by molar-refractivity contribution is 6.31. The Morgan fingerprint density at radius 3 is 2.80 bits per heavy atom. The van der Waals surface area contributed by atoms with Gasteiger partial charge in [0.2, 0.25) is 0 Å². The molecule has 0 saturated carbocycles. The van der Waals surface area contributed by atoms with Gasteiger partial charge in [-0.1, -0.05) is 23.8 Å². The quantitative estimate of drug-likeness (QED) is 0.571. The number of likely N-dealkylation sites (tertiary alicyclic amines) is 1. The summed E-state index contributed by atoms with van der Waals surface area (Å²) < 4.78 is 16.1. The van der Waals surface area contributed by atoms with Gasteiger partial charge in [0.15, 0.2) is 0 Å². The Kier molecular flexibility index (Phi) is 5.17. The van der Waals surface area contributed by atoms with Gasteiger partial charge in [0, 0.05) is 35.9 Å². The van der Waals surface area contributed by atoms with E-state index in [9.17, 15) is 4.39 Å². The standard InChI is InChI=1S/C24H24ClFN4/c1-29-11-8-16(9-12-29)14-30-15-28-23(17-5-6-21(26)20(25)13-17)24(30)19-7-10-27-22-4-2-3-18(19)22/h2-3,5-7,10,13,15-16H,4,8-9,11-12,14H2,1H3. The van der Waals surface area contributed by atoms with Crippen LogP contribution in [0.15, 0.2) is 42.9 Å². The molecule has 5 rings (SSSR count). The molecular weight excluding hydrogens is 399 g/mol. The van der Waals surface area contributed by atoms with Gasteiger partial charge in [0.25, 0.3) is 0 Å². The zero-order valence-electron chi connectivity index (χ0n) is 17.0. The molecule has 1 aliphatic heterocycles. The van der Waals surface area contributed by atoms with Crippen LogP contribution in [0.25, 0.3) is 28.6 Å². The van der Waals surface area contributed by atoms with Gasteiger partial charge in [-0.15, -0.1) is 0 Å². The van der Waals surface area contributed by atoms with Gasteiger partial charge in [0.1, 0.15) is 5.82 Å². The van der Waals surface area contributed by atoms with Crippen molar-refractivity contribution in [3.63, 3.8) is 0 Å². The molecule has 1 aromatic carbocycles. The van der Waals surface area contributed by atoms with E-state index in [0.29, 0.717) is 5.92 Å². The number of pyridine rings is 1. The van der Waals surface area contributed by atoms with Crippen molar-refractivity contribution in [3.05, 3.63) is 65.0 Å². The summed E-state index contributed by atoms with van der Waals surface area (Å²) in [6.45, 7) is 3.18. The van der Waals surface area contributed by atoms with E-state index in [1.807, 2.05) is 12.5 Å². The first-order chi connectivity index (χ1) is 14.6. The van der Waals surface area contributed by atoms with Crippen molar-refractivity contribution in [2.75, 3.05) is 20.1 Å². The summed E-state index contributed by atoms with van der Waals surface area (Å²) in [5, 5.41) is 0.114. The largest absolute Gasteiger partial charge is 0.330 e. The zero-order chi connectivity index (χ0) is 20.7. The third-order valence-electron chi connectivity index (χ3n) is 6.25. The predicted molar refractivity (Wildman–Crippen MR) is 119 cm³/mol. The van der Waals surface area contributed by atoms with Gasteiger partial charge in [-0.3, -0.25) is 4.98 Å². The maximum atomic E-state index is 13.8. The Hall–Kier alpha value is -2.50. The van der Waals surface area contributed by atoms with E-state index in [0.717, 1.165) is 59.8 Å². The van der Waals surface area contributed by atoms with Gasteiger partial charge < -0.3 is 9.47 Å².